The van der Waals surface area contributed by atoms with Crippen LogP contribution in [-0.4, -0.2) is 0 Å². The van der Waals surface area contributed by atoms with Gasteiger partial charge in [-0.3, -0.25) is 0 Å². The number of nitrogens with zero attached hydrogens (tertiary/aromatic N) is 1. The monoisotopic (exact) mass is 915 g/mol. The summed E-state index contributed by atoms with van der Waals surface area (Å²) in [4.78, 5) is 2.36. The molecule has 72 heavy (non-hydrogen) atoms. The molecule has 1 aromatic heterocycles. The number of anilines is 3. The number of rotatable bonds is 8. The third-order valence-corrected chi connectivity index (χ3v) is 14.7. The van der Waals surface area contributed by atoms with Gasteiger partial charge in [-0.15, -0.1) is 0 Å². The van der Waals surface area contributed by atoms with Crippen molar-refractivity contribution < 1.29 is 4.42 Å². The minimum absolute atomic E-state index is 0.900. The van der Waals surface area contributed by atoms with Crippen LogP contribution in [0.25, 0.3) is 121 Å². The SMILES string of the molecule is c1ccc(-c2c(-c3ccccc3)c3cc(-c4ccc(N(c5ccc(-c6cc7ccccc7c7ccccc67)cc5)c5ccc(-c6cccc7c6oc6ccccc67)cc5)cc4)ccc3c3ccccc23)cc1. The fourth-order valence-electron chi connectivity index (χ4n) is 11.3. The van der Waals surface area contributed by atoms with E-state index in [9.17, 15) is 0 Å². The molecule has 0 aliphatic rings. The summed E-state index contributed by atoms with van der Waals surface area (Å²) in [6.45, 7) is 0. The smallest absolute Gasteiger partial charge is 0.143 e. The molecular formula is C70H45NO. The number of furan rings is 1. The lowest BCUT2D eigenvalue weighted by Gasteiger charge is -2.26. The van der Waals surface area contributed by atoms with Crippen LogP contribution in [-0.2, 0) is 0 Å². The Kier molecular flexibility index (Phi) is 9.89. The lowest BCUT2D eigenvalue weighted by Crippen LogP contribution is -2.09. The van der Waals surface area contributed by atoms with E-state index in [1.165, 1.54) is 82.0 Å². The lowest BCUT2D eigenvalue weighted by atomic mass is 9.84. The lowest BCUT2D eigenvalue weighted by molar-refractivity contribution is 0.670. The second-order valence-electron chi connectivity index (χ2n) is 18.7. The molecule has 2 heteroatoms. The Bertz CT molecular complexity index is 4340. The molecule has 0 unspecified atom stereocenters. The van der Waals surface area contributed by atoms with Crippen molar-refractivity contribution in [3.05, 3.63) is 273 Å². The fourth-order valence-corrected chi connectivity index (χ4v) is 11.3. The molecule has 14 rings (SSSR count). The Morgan fingerprint density at radius 2 is 0.694 bits per heavy atom. The zero-order valence-corrected chi connectivity index (χ0v) is 39.3. The summed E-state index contributed by atoms with van der Waals surface area (Å²) in [5.74, 6) is 0. The summed E-state index contributed by atoms with van der Waals surface area (Å²) < 4.78 is 6.49. The highest BCUT2D eigenvalue weighted by molar-refractivity contribution is 6.22. The van der Waals surface area contributed by atoms with Gasteiger partial charge in [-0.05, 0) is 148 Å². The van der Waals surface area contributed by atoms with Gasteiger partial charge >= 0.3 is 0 Å². The van der Waals surface area contributed by atoms with Crippen molar-refractivity contribution in [3.8, 4) is 55.6 Å². The van der Waals surface area contributed by atoms with Crippen molar-refractivity contribution in [1.29, 1.82) is 0 Å². The molecule has 13 aromatic carbocycles. The maximum absolute atomic E-state index is 6.49. The Morgan fingerprint density at radius 1 is 0.236 bits per heavy atom. The highest BCUT2D eigenvalue weighted by Crippen LogP contribution is 2.47. The van der Waals surface area contributed by atoms with Gasteiger partial charge in [0.2, 0.25) is 0 Å². The first-order valence-electron chi connectivity index (χ1n) is 24.7. The Balaban J connectivity index is 0.893. The topological polar surface area (TPSA) is 16.4 Å². The molecule has 0 amide bonds. The maximum Gasteiger partial charge on any atom is 0.143 e. The average Bonchev–Trinajstić information content (AvgIpc) is 3.85. The molecule has 0 atom stereocenters. The minimum atomic E-state index is 0.900. The predicted molar refractivity (Wildman–Crippen MR) is 306 cm³/mol. The number of para-hydroxylation sites is 2. The molecule has 0 radical (unpaired) electrons. The van der Waals surface area contributed by atoms with Gasteiger partial charge in [-0.25, -0.2) is 0 Å². The van der Waals surface area contributed by atoms with Gasteiger partial charge in [-0.2, -0.15) is 0 Å². The van der Waals surface area contributed by atoms with Crippen LogP contribution in [0.2, 0.25) is 0 Å². The summed E-state index contributed by atoms with van der Waals surface area (Å²) in [5, 5.41) is 12.3. The van der Waals surface area contributed by atoms with Crippen LogP contribution in [0.5, 0.6) is 0 Å². The van der Waals surface area contributed by atoms with Gasteiger partial charge in [0.25, 0.3) is 0 Å². The van der Waals surface area contributed by atoms with Crippen LogP contribution < -0.4 is 4.90 Å². The van der Waals surface area contributed by atoms with Crippen molar-refractivity contribution in [3.63, 3.8) is 0 Å². The molecular weight excluding hydrogens is 871 g/mol. The van der Waals surface area contributed by atoms with Crippen LogP contribution in [0.4, 0.5) is 17.1 Å². The number of benzene rings is 13. The van der Waals surface area contributed by atoms with E-state index >= 15 is 0 Å². The summed E-state index contributed by atoms with van der Waals surface area (Å²) >= 11 is 0. The van der Waals surface area contributed by atoms with Gasteiger partial charge in [0.05, 0.1) is 0 Å². The third-order valence-electron chi connectivity index (χ3n) is 14.7. The van der Waals surface area contributed by atoms with Gasteiger partial charge in [0, 0.05) is 33.4 Å². The predicted octanol–water partition coefficient (Wildman–Crippen LogP) is 20.0. The van der Waals surface area contributed by atoms with Crippen molar-refractivity contribution >= 4 is 82.1 Å². The average molecular weight is 916 g/mol. The quantitative estimate of drug-likeness (QED) is 0.141. The van der Waals surface area contributed by atoms with Crippen molar-refractivity contribution in [2.45, 2.75) is 0 Å². The van der Waals surface area contributed by atoms with Gasteiger partial charge in [0.15, 0.2) is 0 Å². The van der Waals surface area contributed by atoms with E-state index in [1.807, 2.05) is 12.1 Å². The van der Waals surface area contributed by atoms with Crippen molar-refractivity contribution in [1.82, 2.24) is 0 Å². The largest absolute Gasteiger partial charge is 0.455 e. The Morgan fingerprint density at radius 3 is 1.35 bits per heavy atom. The molecule has 0 N–H and O–H groups in total. The van der Waals surface area contributed by atoms with E-state index in [-0.39, 0.29) is 0 Å². The highest BCUT2D eigenvalue weighted by Gasteiger charge is 2.20. The molecule has 0 aliphatic carbocycles. The molecule has 0 spiro atoms. The zero-order valence-electron chi connectivity index (χ0n) is 39.3. The fraction of sp³-hybridized carbons (Fsp3) is 0. The molecule has 0 fully saturated rings. The molecule has 0 bridgehead atoms. The van der Waals surface area contributed by atoms with Gasteiger partial charge in [0.1, 0.15) is 11.2 Å². The van der Waals surface area contributed by atoms with E-state index < -0.39 is 0 Å². The normalized spacial score (nSPS) is 11.6. The number of hydrogen-bond donors (Lipinski definition) is 0. The van der Waals surface area contributed by atoms with Crippen LogP contribution >= 0.6 is 0 Å². The van der Waals surface area contributed by atoms with Crippen LogP contribution in [0.1, 0.15) is 0 Å². The van der Waals surface area contributed by atoms with Crippen molar-refractivity contribution in [2.75, 3.05) is 4.90 Å². The number of fused-ring (bicyclic) bond motifs is 9. The molecule has 0 saturated heterocycles. The molecule has 0 saturated carbocycles. The Labute approximate surface area is 417 Å². The summed E-state index contributed by atoms with van der Waals surface area (Å²) in [7, 11) is 0. The standard InChI is InChI=1S/C70H45NO/c1-3-16-49(17-4-1)68-63-26-12-11-23-59(63)61-43-36-51(44-66(61)69(68)50-18-5-2-6-19-50)46-30-37-53(38-31-46)71(54-39-32-47(33-40-54)57-27-15-28-64-62-25-13-14-29-67(62)72-70(57)64)55-41-34-48(35-42-55)65-45-52-20-7-8-21-56(52)58-22-9-10-24-60(58)65/h1-45H. The van der Waals surface area contributed by atoms with E-state index in [4.69, 9.17) is 4.42 Å². The molecule has 0 aliphatic heterocycles. The second kappa shape index (κ2) is 17.2. The van der Waals surface area contributed by atoms with Gasteiger partial charge in [-0.1, -0.05) is 218 Å². The molecule has 2 nitrogen and oxygen atoms in total. The second-order valence-corrected chi connectivity index (χ2v) is 18.7. The zero-order chi connectivity index (χ0) is 47.5. The van der Waals surface area contributed by atoms with Crippen LogP contribution in [0.3, 0.4) is 0 Å². The highest BCUT2D eigenvalue weighted by atomic mass is 16.3. The van der Waals surface area contributed by atoms with Crippen molar-refractivity contribution in [2.24, 2.45) is 0 Å². The minimum Gasteiger partial charge on any atom is -0.455 e. The van der Waals surface area contributed by atoms with Gasteiger partial charge < -0.3 is 9.32 Å². The van der Waals surface area contributed by atoms with E-state index in [0.717, 1.165) is 55.7 Å². The van der Waals surface area contributed by atoms with Crippen LogP contribution in [0.15, 0.2) is 277 Å². The van der Waals surface area contributed by atoms with E-state index in [2.05, 4.69) is 266 Å². The first-order chi connectivity index (χ1) is 35.7. The summed E-state index contributed by atoms with van der Waals surface area (Å²) in [6, 6.07) is 99.2. The molecule has 336 valence electrons. The first kappa shape index (κ1) is 41.5. The summed E-state index contributed by atoms with van der Waals surface area (Å²) in [5.41, 5.74) is 16.8. The van der Waals surface area contributed by atoms with E-state index in [0.29, 0.717) is 0 Å². The first-order valence-corrected chi connectivity index (χ1v) is 24.7. The summed E-state index contributed by atoms with van der Waals surface area (Å²) in [6.07, 6.45) is 0. The van der Waals surface area contributed by atoms with Crippen LogP contribution in [0, 0.1) is 0 Å². The number of hydrogen-bond acceptors (Lipinski definition) is 2. The Hall–Kier alpha value is -9.50. The third kappa shape index (κ3) is 6.95. The maximum atomic E-state index is 6.49. The molecule has 14 aromatic rings. The molecule has 1 heterocycles. The van der Waals surface area contributed by atoms with E-state index in [1.54, 1.807) is 0 Å².